The maximum Gasteiger partial charge on any atom is 0.155 e. The molecule has 4 heteroatoms. The van der Waals surface area contributed by atoms with Crippen LogP contribution in [0.5, 0.6) is 0 Å². The van der Waals surface area contributed by atoms with E-state index in [9.17, 15) is 0 Å². The van der Waals surface area contributed by atoms with E-state index in [1.165, 1.54) is 0 Å². The summed E-state index contributed by atoms with van der Waals surface area (Å²) in [4.78, 5) is 4.41. The van der Waals surface area contributed by atoms with Crippen LogP contribution < -0.4 is 5.73 Å². The molecule has 2 heterocycles. The number of aromatic nitrogens is 2. The van der Waals surface area contributed by atoms with Gasteiger partial charge in [0.2, 0.25) is 0 Å². The fourth-order valence-electron chi connectivity index (χ4n) is 1.89. The van der Waals surface area contributed by atoms with Gasteiger partial charge < -0.3 is 10.1 Å². The van der Waals surface area contributed by atoms with Crippen molar-refractivity contribution < 1.29 is 0 Å². The summed E-state index contributed by atoms with van der Waals surface area (Å²) >= 11 is 6.16. The van der Waals surface area contributed by atoms with Crippen LogP contribution in [-0.2, 0) is 13.0 Å². The Labute approximate surface area is 100 Å². The summed E-state index contributed by atoms with van der Waals surface area (Å²) in [5.41, 5.74) is 7.68. The van der Waals surface area contributed by atoms with Crippen molar-refractivity contribution in [3.63, 3.8) is 0 Å². The number of halogens is 1. The number of imidazole rings is 1. The lowest BCUT2D eigenvalue weighted by atomic mass is 10.1. The molecule has 0 spiro atoms. The predicted octanol–water partition coefficient (Wildman–Crippen LogP) is 2.64. The van der Waals surface area contributed by atoms with Crippen LogP contribution in [0.25, 0.3) is 5.52 Å². The minimum atomic E-state index is 0.483. The van der Waals surface area contributed by atoms with E-state index in [0.29, 0.717) is 17.6 Å². The van der Waals surface area contributed by atoms with Crippen molar-refractivity contribution in [3.05, 3.63) is 34.9 Å². The van der Waals surface area contributed by atoms with Gasteiger partial charge in [-0.15, -0.1) is 0 Å². The molecule has 2 aromatic rings. The lowest BCUT2D eigenvalue weighted by Crippen LogP contribution is -2.03. The Morgan fingerprint density at radius 3 is 2.88 bits per heavy atom. The Morgan fingerprint density at radius 1 is 1.50 bits per heavy atom. The molecule has 0 aliphatic carbocycles. The van der Waals surface area contributed by atoms with Crippen molar-refractivity contribution in [1.82, 2.24) is 9.38 Å². The van der Waals surface area contributed by atoms with Gasteiger partial charge in [0.1, 0.15) is 5.82 Å². The molecule has 0 aliphatic rings. The molecule has 0 radical (unpaired) electrons. The average molecular weight is 238 g/mol. The van der Waals surface area contributed by atoms with E-state index in [1.807, 2.05) is 22.7 Å². The van der Waals surface area contributed by atoms with Gasteiger partial charge in [-0.2, -0.15) is 0 Å². The number of fused-ring (bicyclic) bond motifs is 1. The minimum absolute atomic E-state index is 0.483. The highest BCUT2D eigenvalue weighted by atomic mass is 35.5. The summed E-state index contributed by atoms with van der Waals surface area (Å²) < 4.78 is 2.05. The molecule has 0 fully saturated rings. The van der Waals surface area contributed by atoms with Crippen molar-refractivity contribution in [2.45, 2.75) is 26.8 Å². The summed E-state index contributed by atoms with van der Waals surface area (Å²) in [6.45, 7) is 4.82. The molecule has 16 heavy (non-hydrogen) atoms. The van der Waals surface area contributed by atoms with Crippen molar-refractivity contribution in [2.75, 3.05) is 0 Å². The minimum Gasteiger partial charge on any atom is -0.326 e. The Morgan fingerprint density at radius 2 is 2.25 bits per heavy atom. The number of rotatable bonds is 3. The Kier molecular flexibility index (Phi) is 3.17. The first-order chi connectivity index (χ1) is 7.63. The second-order valence-electron chi connectivity index (χ2n) is 4.37. The molecule has 2 rings (SSSR count). The maximum atomic E-state index is 6.16. The fraction of sp³-hybridized carbons (Fsp3) is 0.417. The van der Waals surface area contributed by atoms with Crippen molar-refractivity contribution in [3.8, 4) is 0 Å². The molecule has 0 bridgehead atoms. The van der Waals surface area contributed by atoms with Crippen LogP contribution in [0, 0.1) is 5.92 Å². The van der Waals surface area contributed by atoms with Crippen LogP contribution in [0.15, 0.2) is 18.3 Å². The first-order valence-electron chi connectivity index (χ1n) is 5.48. The zero-order chi connectivity index (χ0) is 11.7. The largest absolute Gasteiger partial charge is 0.326 e. The van der Waals surface area contributed by atoms with Crippen molar-refractivity contribution in [2.24, 2.45) is 11.7 Å². The second kappa shape index (κ2) is 4.44. The van der Waals surface area contributed by atoms with Gasteiger partial charge in [-0.1, -0.05) is 31.5 Å². The van der Waals surface area contributed by atoms with Crippen LogP contribution in [0.2, 0.25) is 5.15 Å². The van der Waals surface area contributed by atoms with Crippen LogP contribution in [0.1, 0.15) is 25.2 Å². The molecule has 0 saturated carbocycles. The van der Waals surface area contributed by atoms with E-state index in [0.717, 1.165) is 23.3 Å². The summed E-state index contributed by atoms with van der Waals surface area (Å²) in [6.07, 6.45) is 2.91. The van der Waals surface area contributed by atoms with Crippen LogP contribution in [0.4, 0.5) is 0 Å². The highest BCUT2D eigenvalue weighted by Gasteiger charge is 2.12. The molecule has 0 aliphatic heterocycles. The van der Waals surface area contributed by atoms with Gasteiger partial charge in [-0.05, 0) is 17.5 Å². The summed E-state index contributed by atoms with van der Waals surface area (Å²) in [5.74, 6) is 1.56. The second-order valence-corrected chi connectivity index (χ2v) is 4.73. The molecule has 0 amide bonds. The number of pyridine rings is 1. The van der Waals surface area contributed by atoms with Crippen molar-refractivity contribution >= 4 is 17.1 Å². The number of hydrogen-bond acceptors (Lipinski definition) is 2. The van der Waals surface area contributed by atoms with E-state index in [-0.39, 0.29) is 0 Å². The van der Waals surface area contributed by atoms with Gasteiger partial charge in [0.25, 0.3) is 0 Å². The Balaban J connectivity index is 2.62. The number of nitrogens with two attached hydrogens (primary N) is 1. The monoisotopic (exact) mass is 237 g/mol. The summed E-state index contributed by atoms with van der Waals surface area (Å²) in [5, 5.41) is 0.553. The third-order valence-electron chi connectivity index (χ3n) is 2.59. The first kappa shape index (κ1) is 11.4. The van der Waals surface area contributed by atoms with Crippen LogP contribution in [-0.4, -0.2) is 9.38 Å². The van der Waals surface area contributed by atoms with Gasteiger partial charge in [0, 0.05) is 19.2 Å². The maximum absolute atomic E-state index is 6.16. The molecule has 2 N–H and O–H groups in total. The normalized spacial score (nSPS) is 11.6. The molecule has 0 atom stereocenters. The lowest BCUT2D eigenvalue weighted by molar-refractivity contribution is 0.619. The molecular formula is C12H16ClN3. The predicted molar refractivity (Wildman–Crippen MR) is 66.6 cm³/mol. The highest BCUT2D eigenvalue weighted by Crippen LogP contribution is 2.23. The smallest absolute Gasteiger partial charge is 0.155 e. The molecule has 0 aromatic carbocycles. The molecule has 0 saturated heterocycles. The lowest BCUT2D eigenvalue weighted by Gasteiger charge is -2.05. The molecule has 0 unspecified atom stereocenters. The topological polar surface area (TPSA) is 43.3 Å². The molecule has 86 valence electrons. The fourth-order valence-corrected chi connectivity index (χ4v) is 2.20. The Bertz CT molecular complexity index is 502. The third kappa shape index (κ3) is 1.93. The zero-order valence-corrected chi connectivity index (χ0v) is 10.3. The van der Waals surface area contributed by atoms with E-state index >= 15 is 0 Å². The van der Waals surface area contributed by atoms with E-state index in [2.05, 4.69) is 18.8 Å². The van der Waals surface area contributed by atoms with E-state index in [4.69, 9.17) is 17.3 Å². The van der Waals surface area contributed by atoms with Crippen LogP contribution >= 0.6 is 11.6 Å². The summed E-state index contributed by atoms with van der Waals surface area (Å²) in [6, 6.07) is 3.97. The zero-order valence-electron chi connectivity index (χ0n) is 9.57. The summed E-state index contributed by atoms with van der Waals surface area (Å²) in [7, 11) is 0. The van der Waals surface area contributed by atoms with Gasteiger partial charge in [0.15, 0.2) is 5.15 Å². The molecule has 3 nitrogen and oxygen atoms in total. The highest BCUT2D eigenvalue weighted by molar-refractivity contribution is 6.32. The van der Waals surface area contributed by atoms with Gasteiger partial charge in [-0.3, -0.25) is 0 Å². The third-order valence-corrected chi connectivity index (χ3v) is 2.85. The quantitative estimate of drug-likeness (QED) is 0.892. The van der Waals surface area contributed by atoms with E-state index < -0.39 is 0 Å². The van der Waals surface area contributed by atoms with Gasteiger partial charge >= 0.3 is 0 Å². The van der Waals surface area contributed by atoms with Gasteiger partial charge in [0.05, 0.1) is 5.52 Å². The van der Waals surface area contributed by atoms with E-state index in [1.54, 1.807) is 0 Å². The number of hydrogen-bond donors (Lipinski definition) is 1. The number of nitrogens with zero attached hydrogens (tertiary/aromatic N) is 2. The molecule has 2 aromatic heterocycles. The standard InChI is InChI=1S/C12H16ClN3/c1-8(2)6-10-15-12(13)11-9(7-14)4-3-5-16(10)11/h3-5,8H,6-7,14H2,1-2H3. The van der Waals surface area contributed by atoms with Crippen LogP contribution in [0.3, 0.4) is 0 Å². The van der Waals surface area contributed by atoms with Gasteiger partial charge in [-0.25, -0.2) is 4.98 Å². The average Bonchev–Trinajstić information content (AvgIpc) is 2.55. The first-order valence-corrected chi connectivity index (χ1v) is 5.85. The SMILES string of the molecule is CC(C)Cc1nc(Cl)c2c(CN)cccn12. The van der Waals surface area contributed by atoms with Crippen molar-refractivity contribution in [1.29, 1.82) is 0 Å². The Hall–Kier alpha value is -1.06. The molecular weight excluding hydrogens is 222 g/mol.